The van der Waals surface area contributed by atoms with Crippen LogP contribution in [0.1, 0.15) is 142 Å². The summed E-state index contributed by atoms with van der Waals surface area (Å²) in [6.45, 7) is 2.44. The van der Waals surface area contributed by atoms with Gasteiger partial charge in [0.15, 0.2) is 18.7 Å². The second-order valence-electron chi connectivity index (χ2n) is 16.2. The molecule has 2 rings (SSSR count). The van der Waals surface area contributed by atoms with Gasteiger partial charge in [-0.25, -0.2) is 0 Å². The van der Waals surface area contributed by atoms with E-state index in [0.29, 0.717) is 12.8 Å². The van der Waals surface area contributed by atoms with Crippen LogP contribution in [-0.4, -0.2) is 142 Å². The van der Waals surface area contributed by atoms with Crippen molar-refractivity contribution in [3.05, 3.63) is 48.6 Å². The average molecular weight is 885 g/mol. The highest BCUT2D eigenvalue weighted by molar-refractivity contribution is 5.70. The molecular formula is C47H80O15. The van der Waals surface area contributed by atoms with Gasteiger partial charge in [-0.05, 0) is 57.8 Å². The van der Waals surface area contributed by atoms with E-state index in [2.05, 4.69) is 62.5 Å². The number of hydrogen-bond acceptors (Lipinski definition) is 15. The van der Waals surface area contributed by atoms with E-state index >= 15 is 0 Å². The smallest absolute Gasteiger partial charge is 0.306 e. The molecule has 0 amide bonds. The summed E-state index contributed by atoms with van der Waals surface area (Å²) < 4.78 is 33.3. The largest absolute Gasteiger partial charge is 0.462 e. The zero-order chi connectivity index (χ0) is 45.4. The highest BCUT2D eigenvalue weighted by Crippen LogP contribution is 2.26. The Morgan fingerprint density at radius 1 is 0.516 bits per heavy atom. The number of allylic oxidation sites excluding steroid dienone is 8. The summed E-state index contributed by atoms with van der Waals surface area (Å²) in [5.41, 5.74) is 0. The van der Waals surface area contributed by atoms with Gasteiger partial charge in [-0.15, -0.1) is 0 Å². The van der Waals surface area contributed by atoms with Gasteiger partial charge in [-0.3, -0.25) is 9.59 Å². The van der Waals surface area contributed by atoms with Crippen molar-refractivity contribution in [1.82, 2.24) is 0 Å². The van der Waals surface area contributed by atoms with E-state index in [1.165, 1.54) is 32.1 Å². The topological polar surface area (TPSA) is 231 Å². The molecule has 15 nitrogen and oxygen atoms in total. The first-order valence-electron chi connectivity index (χ1n) is 23.2. The Balaban J connectivity index is 1.83. The van der Waals surface area contributed by atoms with E-state index in [1.807, 2.05) is 0 Å². The Kier molecular flexibility index (Phi) is 31.2. The molecule has 0 aliphatic carbocycles. The number of carbonyl (C=O) groups excluding carboxylic acids is 2. The van der Waals surface area contributed by atoms with Gasteiger partial charge in [0.25, 0.3) is 0 Å². The van der Waals surface area contributed by atoms with Crippen molar-refractivity contribution in [3.63, 3.8) is 0 Å². The predicted octanol–water partition coefficient (Wildman–Crippen LogP) is 5.15. The summed E-state index contributed by atoms with van der Waals surface area (Å²) in [6, 6.07) is 0. The van der Waals surface area contributed by atoms with Crippen molar-refractivity contribution >= 4 is 11.9 Å². The van der Waals surface area contributed by atoms with Crippen LogP contribution in [0.4, 0.5) is 0 Å². The molecule has 0 spiro atoms. The second kappa shape index (κ2) is 34.8. The Bertz CT molecular complexity index is 1270. The molecule has 0 bridgehead atoms. The lowest BCUT2D eigenvalue weighted by Crippen LogP contribution is -2.61. The lowest BCUT2D eigenvalue weighted by atomic mass is 9.98. The van der Waals surface area contributed by atoms with Gasteiger partial charge in [0, 0.05) is 12.8 Å². The number of carbonyl (C=O) groups is 2. The summed E-state index contributed by atoms with van der Waals surface area (Å²) in [4.78, 5) is 25.5. The molecule has 2 aliphatic rings. The standard InChI is InChI=1S/C47H80O15/c1-3-5-7-9-11-12-13-14-15-16-17-18-19-20-21-22-24-26-28-30-39(50)60-35(32-57-38(49)29-27-25-23-10-8-6-4-2)33-58-46-45(56)43(54)41(52)37(62-46)34-59-47-44(55)42(53)40(51)36(31-48)61-47/h11-12,14-15,17-18,20-21,35-37,40-48,51-56H,3-10,13,16,19,22-34H2,1-2H3/b12-11+,15-14+,18-17+,21-20+/t35-,36+,37+,40-,41-,42?,43?,44?,45?,46+,47+/m1/s1. The van der Waals surface area contributed by atoms with Gasteiger partial charge in [0.1, 0.15) is 55.4 Å². The van der Waals surface area contributed by atoms with Crippen LogP contribution in [0, 0.1) is 0 Å². The molecule has 2 fully saturated rings. The van der Waals surface area contributed by atoms with Crippen molar-refractivity contribution in [2.45, 2.75) is 210 Å². The molecule has 0 aromatic carbocycles. The fourth-order valence-electron chi connectivity index (χ4n) is 6.90. The lowest BCUT2D eigenvalue weighted by molar-refractivity contribution is -0.332. The van der Waals surface area contributed by atoms with Crippen LogP contribution in [0.25, 0.3) is 0 Å². The van der Waals surface area contributed by atoms with Crippen molar-refractivity contribution in [3.8, 4) is 0 Å². The van der Waals surface area contributed by atoms with Gasteiger partial charge in [0.2, 0.25) is 0 Å². The molecule has 358 valence electrons. The van der Waals surface area contributed by atoms with Crippen LogP contribution in [0.5, 0.6) is 0 Å². The van der Waals surface area contributed by atoms with E-state index in [9.17, 15) is 45.3 Å². The van der Waals surface area contributed by atoms with Crippen molar-refractivity contribution in [2.75, 3.05) is 26.4 Å². The third-order valence-corrected chi connectivity index (χ3v) is 10.8. The molecule has 0 aromatic rings. The fraction of sp³-hybridized carbons (Fsp3) is 0.787. The van der Waals surface area contributed by atoms with Crippen LogP contribution < -0.4 is 0 Å². The second-order valence-corrected chi connectivity index (χ2v) is 16.2. The molecule has 2 saturated heterocycles. The average Bonchev–Trinajstić information content (AvgIpc) is 3.26. The SMILES string of the molecule is CCCCC/C=C/C/C=C/C/C=C/C/C=C/CCCCCC(=O)O[C@H](COC(=O)CCCCCCCCC)CO[C@H]1O[C@@H](CO[C@H]2O[C@@H](CO)[C@@H](O)C(O)C2O)[C@@H](O)C(O)C1O. The molecule has 62 heavy (non-hydrogen) atoms. The zero-order valence-corrected chi connectivity index (χ0v) is 37.3. The predicted molar refractivity (Wildman–Crippen MR) is 233 cm³/mol. The van der Waals surface area contributed by atoms with Crippen LogP contribution in [0.2, 0.25) is 0 Å². The maximum absolute atomic E-state index is 12.9. The molecular weight excluding hydrogens is 805 g/mol. The molecule has 4 unspecified atom stereocenters. The summed E-state index contributed by atoms with van der Waals surface area (Å²) in [5, 5.41) is 71.8. The minimum atomic E-state index is -1.77. The molecule has 11 atom stereocenters. The van der Waals surface area contributed by atoms with E-state index in [0.717, 1.165) is 70.6 Å². The maximum Gasteiger partial charge on any atom is 0.306 e. The highest BCUT2D eigenvalue weighted by atomic mass is 16.7. The van der Waals surface area contributed by atoms with Crippen molar-refractivity contribution in [2.24, 2.45) is 0 Å². The highest BCUT2D eigenvalue weighted by Gasteiger charge is 2.47. The van der Waals surface area contributed by atoms with E-state index in [1.54, 1.807) is 0 Å². The first-order valence-corrected chi connectivity index (χ1v) is 23.2. The number of unbranched alkanes of at least 4 members (excludes halogenated alkanes) is 12. The van der Waals surface area contributed by atoms with Gasteiger partial charge < -0.3 is 64.2 Å². The number of aliphatic hydroxyl groups is 7. The summed E-state index contributed by atoms with van der Waals surface area (Å²) in [6.07, 6.45) is 18.9. The summed E-state index contributed by atoms with van der Waals surface area (Å²) >= 11 is 0. The monoisotopic (exact) mass is 885 g/mol. The molecule has 2 heterocycles. The van der Waals surface area contributed by atoms with Crippen LogP contribution in [-0.2, 0) is 38.0 Å². The molecule has 7 N–H and O–H groups in total. The van der Waals surface area contributed by atoms with E-state index in [4.69, 9.17) is 28.4 Å². The quantitative estimate of drug-likeness (QED) is 0.0252. The first-order chi connectivity index (χ1) is 30.0. The van der Waals surface area contributed by atoms with Crippen molar-refractivity contribution < 1.29 is 73.8 Å². The Labute approximate surface area is 369 Å². The molecule has 15 heteroatoms. The Morgan fingerprint density at radius 3 is 1.55 bits per heavy atom. The fourth-order valence-corrected chi connectivity index (χ4v) is 6.90. The maximum atomic E-state index is 12.9. The number of esters is 2. The third kappa shape index (κ3) is 23.4. The van der Waals surface area contributed by atoms with Gasteiger partial charge in [-0.2, -0.15) is 0 Å². The van der Waals surface area contributed by atoms with Gasteiger partial charge in [0.05, 0.1) is 19.8 Å². The number of aliphatic hydroxyl groups excluding tert-OH is 7. The van der Waals surface area contributed by atoms with Crippen molar-refractivity contribution in [1.29, 1.82) is 0 Å². The Hall–Kier alpha value is -2.54. The van der Waals surface area contributed by atoms with Crippen LogP contribution in [0.3, 0.4) is 0 Å². The zero-order valence-electron chi connectivity index (χ0n) is 37.3. The number of ether oxygens (including phenoxy) is 6. The summed E-state index contributed by atoms with van der Waals surface area (Å²) in [7, 11) is 0. The van der Waals surface area contributed by atoms with Gasteiger partial charge >= 0.3 is 11.9 Å². The number of hydrogen-bond donors (Lipinski definition) is 7. The summed E-state index contributed by atoms with van der Waals surface area (Å²) in [5.74, 6) is -0.972. The number of rotatable bonds is 34. The normalized spacial score (nSPS) is 27.5. The Morgan fingerprint density at radius 2 is 0.968 bits per heavy atom. The molecule has 0 saturated carbocycles. The minimum Gasteiger partial charge on any atom is -0.462 e. The third-order valence-electron chi connectivity index (χ3n) is 10.8. The van der Waals surface area contributed by atoms with Gasteiger partial charge in [-0.1, -0.05) is 120 Å². The molecule has 2 aliphatic heterocycles. The van der Waals surface area contributed by atoms with Crippen LogP contribution in [0.15, 0.2) is 48.6 Å². The van der Waals surface area contributed by atoms with E-state index < -0.39 is 99.3 Å². The first kappa shape index (κ1) is 55.6. The van der Waals surface area contributed by atoms with E-state index in [-0.39, 0.29) is 19.4 Å². The minimum absolute atomic E-state index is 0.127. The molecule has 0 radical (unpaired) electrons. The molecule has 0 aromatic heterocycles. The lowest BCUT2D eigenvalue weighted by Gasteiger charge is -2.42. The van der Waals surface area contributed by atoms with Crippen LogP contribution >= 0.6 is 0 Å².